The van der Waals surface area contributed by atoms with Gasteiger partial charge in [0.25, 0.3) is 5.91 Å². The molecule has 1 aliphatic rings. The van der Waals surface area contributed by atoms with E-state index in [1.54, 1.807) is 18.0 Å². The average Bonchev–Trinajstić information content (AvgIpc) is 3.38. The van der Waals surface area contributed by atoms with Crippen LogP contribution < -0.4 is 4.90 Å². The molecule has 5 rings (SSSR count). The lowest BCUT2D eigenvalue weighted by Gasteiger charge is -2.33. The minimum Gasteiger partial charge on any atom is -0.450 e. The molecule has 0 bridgehead atoms. The number of carbonyl (C=O) groups is 2. The smallest absolute Gasteiger partial charge is 0.409 e. The van der Waals surface area contributed by atoms with Crippen molar-refractivity contribution in [2.75, 3.05) is 37.7 Å². The summed E-state index contributed by atoms with van der Waals surface area (Å²) < 4.78 is 33.9. The van der Waals surface area contributed by atoms with Crippen molar-refractivity contribution >= 4 is 48.7 Å². The number of ether oxygens (including phenoxy) is 1. The van der Waals surface area contributed by atoms with Gasteiger partial charge in [-0.2, -0.15) is 4.31 Å². The highest BCUT2D eigenvalue weighted by atomic mass is 32.2. The molecular weight excluding hydrogens is 562 g/mol. The van der Waals surface area contributed by atoms with Crippen LogP contribution in [0.15, 0.2) is 65.7 Å². The van der Waals surface area contributed by atoms with Crippen molar-refractivity contribution in [2.45, 2.75) is 32.2 Å². The predicted octanol–water partition coefficient (Wildman–Crippen LogP) is 4.62. The van der Waals surface area contributed by atoms with Crippen molar-refractivity contribution in [3.8, 4) is 0 Å². The number of carbonyl (C=O) groups excluding carboxylic acids is 2. The van der Waals surface area contributed by atoms with Crippen LogP contribution in [0.25, 0.3) is 10.2 Å². The van der Waals surface area contributed by atoms with E-state index in [0.29, 0.717) is 16.4 Å². The summed E-state index contributed by atoms with van der Waals surface area (Å²) in [5.41, 5.74) is 4.12. The van der Waals surface area contributed by atoms with Gasteiger partial charge in [-0.05, 0) is 80.4 Å². The molecular formula is C29H31N5O5S2. The molecule has 3 heterocycles. The molecule has 2 amide bonds. The number of hydrogen-bond acceptors (Lipinski definition) is 8. The summed E-state index contributed by atoms with van der Waals surface area (Å²) in [5.74, 6) is -0.310. The molecule has 0 N–H and O–H groups in total. The molecule has 1 saturated heterocycles. The Labute approximate surface area is 243 Å². The van der Waals surface area contributed by atoms with E-state index in [9.17, 15) is 18.0 Å². The summed E-state index contributed by atoms with van der Waals surface area (Å²) >= 11 is 1.43. The van der Waals surface area contributed by atoms with Gasteiger partial charge in [0.15, 0.2) is 5.13 Å². The van der Waals surface area contributed by atoms with Crippen molar-refractivity contribution in [1.29, 1.82) is 0 Å². The third-order valence-electron chi connectivity index (χ3n) is 7.02. The van der Waals surface area contributed by atoms with Crippen molar-refractivity contribution in [3.05, 3.63) is 83.2 Å². The molecule has 0 aliphatic carbocycles. The van der Waals surface area contributed by atoms with Crippen LogP contribution in [0, 0.1) is 13.8 Å². The number of nitrogens with zero attached hydrogens (tertiary/aromatic N) is 5. The SMILES string of the molecule is CCOC(=O)N1CCN(S(=O)(=O)c2ccc(C(=O)N(Cc3ccccn3)c3nc4cc(C)c(C)cc4s3)cc2)CC1. The van der Waals surface area contributed by atoms with E-state index in [1.807, 2.05) is 38.1 Å². The lowest BCUT2D eigenvalue weighted by molar-refractivity contribution is 0.0933. The molecule has 1 fully saturated rings. The lowest BCUT2D eigenvalue weighted by atomic mass is 10.1. The number of anilines is 1. The number of aryl methyl sites for hydroxylation is 2. The molecule has 10 nitrogen and oxygen atoms in total. The maximum absolute atomic E-state index is 13.8. The number of pyridine rings is 1. The Kier molecular flexibility index (Phi) is 8.34. The largest absolute Gasteiger partial charge is 0.450 e. The molecule has 12 heteroatoms. The number of thiazole rings is 1. The fraction of sp³-hybridized carbons (Fsp3) is 0.310. The summed E-state index contributed by atoms with van der Waals surface area (Å²) in [6.45, 7) is 7.10. The molecule has 2 aromatic heterocycles. The second-order valence-electron chi connectivity index (χ2n) is 9.73. The van der Waals surface area contributed by atoms with Gasteiger partial charge in [0.05, 0.1) is 34.0 Å². The Morgan fingerprint density at radius 3 is 2.37 bits per heavy atom. The van der Waals surface area contributed by atoms with Crippen LogP contribution in [0.4, 0.5) is 9.93 Å². The summed E-state index contributed by atoms with van der Waals surface area (Å²) in [6.07, 6.45) is 1.23. The number of hydrogen-bond donors (Lipinski definition) is 0. The number of benzene rings is 2. The zero-order valence-corrected chi connectivity index (χ0v) is 24.7. The molecule has 0 unspecified atom stereocenters. The first kappa shape index (κ1) is 28.7. The van der Waals surface area contributed by atoms with E-state index in [0.717, 1.165) is 21.3 Å². The standard InChI is InChI=1S/C29H31N5O5S2/c1-4-39-29(36)32-13-15-33(16-14-32)41(37,38)24-10-8-22(9-11-24)27(35)34(19-23-7-5-6-12-30-23)28-31-25-17-20(2)21(3)18-26(25)40-28/h5-12,17-18H,4,13-16,19H2,1-3H3. The van der Waals surface area contributed by atoms with Gasteiger partial charge in [-0.3, -0.25) is 14.7 Å². The van der Waals surface area contributed by atoms with E-state index in [1.165, 1.54) is 44.8 Å². The van der Waals surface area contributed by atoms with Gasteiger partial charge in [0.2, 0.25) is 10.0 Å². The number of aromatic nitrogens is 2. The van der Waals surface area contributed by atoms with Crippen molar-refractivity contribution < 1.29 is 22.7 Å². The highest BCUT2D eigenvalue weighted by Crippen LogP contribution is 2.32. The van der Waals surface area contributed by atoms with Crippen LogP contribution >= 0.6 is 11.3 Å². The Bertz CT molecular complexity index is 1630. The first-order valence-electron chi connectivity index (χ1n) is 13.3. The summed E-state index contributed by atoms with van der Waals surface area (Å²) in [5, 5.41) is 0.539. The third kappa shape index (κ3) is 6.09. The van der Waals surface area contributed by atoms with Crippen LogP contribution in [-0.2, 0) is 21.3 Å². The molecule has 0 atom stereocenters. The molecule has 0 spiro atoms. The zero-order chi connectivity index (χ0) is 29.1. The van der Waals surface area contributed by atoms with Gasteiger partial charge < -0.3 is 9.64 Å². The average molecular weight is 594 g/mol. The number of piperazine rings is 1. The van der Waals surface area contributed by atoms with Crippen molar-refractivity contribution in [1.82, 2.24) is 19.2 Å². The highest BCUT2D eigenvalue weighted by molar-refractivity contribution is 7.89. The first-order chi connectivity index (χ1) is 19.7. The quantitative estimate of drug-likeness (QED) is 0.307. The van der Waals surface area contributed by atoms with Crippen LogP contribution in [-0.4, -0.2) is 72.4 Å². The minimum atomic E-state index is -3.80. The Morgan fingerprint density at radius 1 is 1.00 bits per heavy atom. The van der Waals surface area contributed by atoms with E-state index >= 15 is 0 Å². The van der Waals surface area contributed by atoms with E-state index < -0.39 is 16.1 Å². The van der Waals surface area contributed by atoms with Crippen LogP contribution in [0.1, 0.15) is 34.1 Å². The highest BCUT2D eigenvalue weighted by Gasteiger charge is 2.31. The third-order valence-corrected chi connectivity index (χ3v) is 9.97. The van der Waals surface area contributed by atoms with Gasteiger partial charge in [-0.1, -0.05) is 17.4 Å². The predicted molar refractivity (Wildman–Crippen MR) is 158 cm³/mol. The Morgan fingerprint density at radius 2 is 1.71 bits per heavy atom. The molecule has 4 aromatic rings. The molecule has 214 valence electrons. The summed E-state index contributed by atoms with van der Waals surface area (Å²) in [7, 11) is -3.80. The van der Waals surface area contributed by atoms with Crippen LogP contribution in [0.5, 0.6) is 0 Å². The number of sulfonamides is 1. The second kappa shape index (κ2) is 11.9. The Balaban J connectivity index is 1.38. The van der Waals surface area contributed by atoms with E-state index in [-0.39, 0.29) is 50.1 Å². The van der Waals surface area contributed by atoms with Crippen molar-refractivity contribution in [2.24, 2.45) is 0 Å². The van der Waals surface area contributed by atoms with Crippen LogP contribution in [0.2, 0.25) is 0 Å². The van der Waals surface area contributed by atoms with Gasteiger partial charge in [-0.25, -0.2) is 18.2 Å². The van der Waals surface area contributed by atoms with Gasteiger partial charge in [-0.15, -0.1) is 0 Å². The normalized spacial score (nSPS) is 14.3. The van der Waals surface area contributed by atoms with Gasteiger partial charge >= 0.3 is 6.09 Å². The van der Waals surface area contributed by atoms with Gasteiger partial charge in [0, 0.05) is 37.9 Å². The maximum atomic E-state index is 13.8. The van der Waals surface area contributed by atoms with E-state index in [4.69, 9.17) is 9.72 Å². The summed E-state index contributed by atoms with van der Waals surface area (Å²) in [6, 6.07) is 15.6. The van der Waals surface area contributed by atoms with Crippen molar-refractivity contribution in [3.63, 3.8) is 0 Å². The monoisotopic (exact) mass is 593 g/mol. The second-order valence-corrected chi connectivity index (χ2v) is 12.7. The number of amides is 2. The number of rotatable bonds is 7. The van der Waals surface area contributed by atoms with Crippen LogP contribution in [0.3, 0.4) is 0 Å². The zero-order valence-electron chi connectivity index (χ0n) is 23.1. The lowest BCUT2D eigenvalue weighted by Crippen LogP contribution is -2.50. The summed E-state index contributed by atoms with van der Waals surface area (Å²) in [4.78, 5) is 38.1. The molecule has 1 aliphatic heterocycles. The fourth-order valence-corrected chi connectivity index (χ4v) is 7.03. The first-order valence-corrected chi connectivity index (χ1v) is 15.5. The topological polar surface area (TPSA) is 113 Å². The number of fused-ring (bicyclic) bond motifs is 1. The molecule has 0 saturated carbocycles. The fourth-order valence-electron chi connectivity index (χ4n) is 4.56. The molecule has 2 aromatic carbocycles. The molecule has 41 heavy (non-hydrogen) atoms. The maximum Gasteiger partial charge on any atom is 0.409 e. The van der Waals surface area contributed by atoms with Gasteiger partial charge in [0.1, 0.15) is 0 Å². The Hall–Kier alpha value is -3.87. The minimum absolute atomic E-state index is 0.0841. The molecule has 0 radical (unpaired) electrons. The van der Waals surface area contributed by atoms with E-state index in [2.05, 4.69) is 11.1 Å².